The van der Waals surface area contributed by atoms with Crippen LogP contribution in [-0.2, 0) is 17.6 Å². The summed E-state index contributed by atoms with van der Waals surface area (Å²) in [5.41, 5.74) is 2.75. The highest BCUT2D eigenvalue weighted by atomic mass is 16.5. The Labute approximate surface area is 167 Å². The van der Waals surface area contributed by atoms with Gasteiger partial charge in [0.1, 0.15) is 23.9 Å². The predicted octanol–water partition coefficient (Wildman–Crippen LogP) is 3.93. The maximum absolute atomic E-state index is 12.4. The predicted molar refractivity (Wildman–Crippen MR) is 109 cm³/mol. The molecule has 1 N–H and O–H groups in total. The van der Waals surface area contributed by atoms with E-state index in [1.54, 1.807) is 14.0 Å². The van der Waals surface area contributed by atoms with Gasteiger partial charge in [-0.2, -0.15) is 0 Å². The molecule has 0 spiro atoms. The molecule has 0 saturated carbocycles. The smallest absolute Gasteiger partial charge is 0.261 e. The molecule has 0 bridgehead atoms. The average molecular weight is 383 g/mol. The Morgan fingerprint density at radius 2 is 1.61 bits per heavy atom. The second-order valence-electron chi connectivity index (χ2n) is 7.29. The molecule has 0 saturated heterocycles. The van der Waals surface area contributed by atoms with Gasteiger partial charge in [-0.25, -0.2) is 0 Å². The molecule has 2 aromatic rings. The number of nitrogens with one attached hydrogen (secondary N) is 1. The molecule has 150 valence electrons. The molecule has 2 aromatic carbocycles. The third kappa shape index (κ3) is 5.41. The second kappa shape index (κ2) is 9.49. The first-order valence-corrected chi connectivity index (χ1v) is 9.91. The summed E-state index contributed by atoms with van der Waals surface area (Å²) < 4.78 is 16.7. The van der Waals surface area contributed by atoms with Crippen LogP contribution in [0.2, 0.25) is 0 Å². The first kappa shape index (κ1) is 20.1. The largest absolute Gasteiger partial charge is 0.497 e. The summed E-state index contributed by atoms with van der Waals surface area (Å²) in [6.45, 7) is 4.06. The second-order valence-corrected chi connectivity index (χ2v) is 7.29. The SMILES string of the molecule is COc1ccc(OCC(C)NC(=O)C(C)Oc2ccc3c(c2)CCCC3)cc1. The molecule has 2 atom stereocenters. The van der Waals surface area contributed by atoms with Gasteiger partial charge in [0.05, 0.1) is 13.2 Å². The fourth-order valence-corrected chi connectivity index (χ4v) is 3.34. The summed E-state index contributed by atoms with van der Waals surface area (Å²) in [6.07, 6.45) is 4.13. The quantitative estimate of drug-likeness (QED) is 0.751. The molecule has 0 aromatic heterocycles. The van der Waals surface area contributed by atoms with Gasteiger partial charge in [0.15, 0.2) is 6.10 Å². The summed E-state index contributed by atoms with van der Waals surface area (Å²) >= 11 is 0. The molecule has 0 heterocycles. The highest BCUT2D eigenvalue weighted by molar-refractivity contribution is 5.81. The monoisotopic (exact) mass is 383 g/mol. The van der Waals surface area contributed by atoms with E-state index in [1.807, 2.05) is 37.3 Å². The normalized spacial score (nSPS) is 15.1. The van der Waals surface area contributed by atoms with Gasteiger partial charge in [-0.15, -0.1) is 0 Å². The zero-order valence-electron chi connectivity index (χ0n) is 16.9. The third-order valence-electron chi connectivity index (χ3n) is 4.95. The topological polar surface area (TPSA) is 56.8 Å². The van der Waals surface area contributed by atoms with Gasteiger partial charge in [0.25, 0.3) is 5.91 Å². The van der Waals surface area contributed by atoms with Crippen molar-refractivity contribution < 1.29 is 19.0 Å². The van der Waals surface area contributed by atoms with Crippen molar-refractivity contribution in [2.45, 2.75) is 51.7 Å². The number of amides is 1. The number of benzene rings is 2. The lowest BCUT2D eigenvalue weighted by molar-refractivity contribution is -0.128. The fourth-order valence-electron chi connectivity index (χ4n) is 3.34. The van der Waals surface area contributed by atoms with E-state index >= 15 is 0 Å². The average Bonchev–Trinajstić information content (AvgIpc) is 2.72. The van der Waals surface area contributed by atoms with E-state index in [-0.39, 0.29) is 11.9 Å². The number of fused-ring (bicyclic) bond motifs is 1. The van der Waals surface area contributed by atoms with Crippen LogP contribution in [0.25, 0.3) is 0 Å². The zero-order chi connectivity index (χ0) is 19.9. The number of carbonyl (C=O) groups excluding carboxylic acids is 1. The van der Waals surface area contributed by atoms with Crippen LogP contribution in [0, 0.1) is 0 Å². The van der Waals surface area contributed by atoms with E-state index in [1.165, 1.54) is 24.0 Å². The van der Waals surface area contributed by atoms with E-state index < -0.39 is 6.10 Å². The number of rotatable bonds is 8. The lowest BCUT2D eigenvalue weighted by Crippen LogP contribution is -2.43. The number of hydrogen-bond donors (Lipinski definition) is 1. The highest BCUT2D eigenvalue weighted by Crippen LogP contribution is 2.26. The van der Waals surface area contributed by atoms with Gasteiger partial charge in [-0.3, -0.25) is 4.79 Å². The van der Waals surface area contributed by atoms with Crippen molar-refractivity contribution in [3.63, 3.8) is 0 Å². The molecule has 1 aliphatic carbocycles. The Bertz CT molecular complexity index is 788. The highest BCUT2D eigenvalue weighted by Gasteiger charge is 2.18. The van der Waals surface area contributed by atoms with E-state index in [0.29, 0.717) is 6.61 Å². The van der Waals surface area contributed by atoms with E-state index in [9.17, 15) is 4.79 Å². The molecule has 0 fully saturated rings. The lowest BCUT2D eigenvalue weighted by Gasteiger charge is -2.21. The Kier molecular flexibility index (Phi) is 6.80. The fraction of sp³-hybridized carbons (Fsp3) is 0.435. The van der Waals surface area contributed by atoms with Gasteiger partial charge in [0, 0.05) is 0 Å². The summed E-state index contributed by atoms with van der Waals surface area (Å²) in [5.74, 6) is 2.12. The van der Waals surface area contributed by atoms with Crippen LogP contribution >= 0.6 is 0 Å². The minimum atomic E-state index is -0.565. The molecule has 0 aliphatic heterocycles. The third-order valence-corrected chi connectivity index (χ3v) is 4.95. The van der Waals surface area contributed by atoms with Crippen LogP contribution in [-0.4, -0.2) is 31.8 Å². The van der Waals surface area contributed by atoms with E-state index in [2.05, 4.69) is 17.4 Å². The van der Waals surface area contributed by atoms with Gasteiger partial charge >= 0.3 is 0 Å². The standard InChI is InChI=1S/C23H29NO4/c1-16(15-27-21-12-10-20(26-3)11-13-21)24-23(25)17(2)28-22-9-8-18-6-4-5-7-19(18)14-22/h8-14,16-17H,4-7,15H2,1-3H3,(H,24,25). The van der Waals surface area contributed by atoms with Crippen molar-refractivity contribution >= 4 is 5.91 Å². The maximum Gasteiger partial charge on any atom is 0.261 e. The molecule has 0 radical (unpaired) electrons. The Morgan fingerprint density at radius 1 is 0.964 bits per heavy atom. The number of carbonyl (C=O) groups is 1. The Balaban J connectivity index is 1.46. The van der Waals surface area contributed by atoms with E-state index in [4.69, 9.17) is 14.2 Å². The van der Waals surface area contributed by atoms with Crippen molar-refractivity contribution in [3.8, 4) is 17.2 Å². The van der Waals surface area contributed by atoms with Gasteiger partial charge in [-0.1, -0.05) is 6.07 Å². The number of aryl methyl sites for hydroxylation is 2. The van der Waals surface area contributed by atoms with Crippen molar-refractivity contribution in [2.24, 2.45) is 0 Å². The van der Waals surface area contributed by atoms with Crippen LogP contribution in [0.5, 0.6) is 17.2 Å². The molecule has 3 rings (SSSR count). The molecular weight excluding hydrogens is 354 g/mol. The number of methoxy groups -OCH3 is 1. The Hall–Kier alpha value is -2.69. The van der Waals surface area contributed by atoms with Crippen LogP contribution in [0.3, 0.4) is 0 Å². The van der Waals surface area contributed by atoms with Crippen LogP contribution in [0.1, 0.15) is 37.8 Å². The molecule has 28 heavy (non-hydrogen) atoms. The minimum Gasteiger partial charge on any atom is -0.497 e. The van der Waals surface area contributed by atoms with E-state index in [0.717, 1.165) is 30.1 Å². The summed E-state index contributed by atoms with van der Waals surface area (Å²) in [6, 6.07) is 13.4. The minimum absolute atomic E-state index is 0.135. The van der Waals surface area contributed by atoms with Crippen molar-refractivity contribution in [1.82, 2.24) is 5.32 Å². The van der Waals surface area contributed by atoms with Crippen LogP contribution < -0.4 is 19.5 Å². The Morgan fingerprint density at radius 3 is 2.32 bits per heavy atom. The van der Waals surface area contributed by atoms with Crippen molar-refractivity contribution in [2.75, 3.05) is 13.7 Å². The van der Waals surface area contributed by atoms with Crippen molar-refractivity contribution in [3.05, 3.63) is 53.6 Å². The molecule has 1 amide bonds. The molecule has 1 aliphatic rings. The maximum atomic E-state index is 12.4. The summed E-state index contributed by atoms with van der Waals surface area (Å²) in [5, 5.41) is 2.94. The first-order chi connectivity index (χ1) is 13.5. The molecule has 5 nitrogen and oxygen atoms in total. The number of hydrogen-bond acceptors (Lipinski definition) is 4. The van der Waals surface area contributed by atoms with Crippen LogP contribution in [0.15, 0.2) is 42.5 Å². The molecule has 2 unspecified atom stereocenters. The zero-order valence-corrected chi connectivity index (χ0v) is 16.9. The first-order valence-electron chi connectivity index (χ1n) is 9.91. The van der Waals surface area contributed by atoms with Crippen LogP contribution in [0.4, 0.5) is 0 Å². The summed E-state index contributed by atoms with van der Waals surface area (Å²) in [4.78, 5) is 12.4. The van der Waals surface area contributed by atoms with Gasteiger partial charge in [-0.05, 0) is 87.1 Å². The van der Waals surface area contributed by atoms with Crippen molar-refractivity contribution in [1.29, 1.82) is 0 Å². The summed E-state index contributed by atoms with van der Waals surface area (Å²) in [7, 11) is 1.63. The molecule has 5 heteroatoms. The van der Waals surface area contributed by atoms with Gasteiger partial charge < -0.3 is 19.5 Å². The van der Waals surface area contributed by atoms with Gasteiger partial charge in [0.2, 0.25) is 0 Å². The lowest BCUT2D eigenvalue weighted by atomic mass is 9.92. The molecular formula is C23H29NO4. The number of ether oxygens (including phenoxy) is 3.